The van der Waals surface area contributed by atoms with E-state index in [9.17, 15) is 0 Å². The SMILES string of the molecule is C[N+]1(C)C[n+]2c([Si](C)(C)C)ccc3ccc4cccc1c4c32. The molecule has 2 heterocycles. The molecule has 0 amide bonds. The molecule has 0 aliphatic carbocycles. The van der Waals surface area contributed by atoms with Gasteiger partial charge in [-0.3, -0.25) is 0 Å². The third-order valence-electron chi connectivity index (χ3n) is 4.92. The van der Waals surface area contributed by atoms with Crippen LogP contribution in [0.4, 0.5) is 5.69 Å². The van der Waals surface area contributed by atoms with Gasteiger partial charge in [0, 0.05) is 11.5 Å². The standard InChI is InChI=1S/C19H24N2Si/c1-21(2)13-20-17(22(3,4)5)12-11-15-10-9-14-7-6-8-16(21)18(14)19(15)20/h6-12H,13H2,1-5H3/q+2. The highest BCUT2D eigenvalue weighted by atomic mass is 28.3. The zero-order valence-electron chi connectivity index (χ0n) is 14.1. The summed E-state index contributed by atoms with van der Waals surface area (Å²) >= 11 is 0. The highest BCUT2D eigenvalue weighted by Crippen LogP contribution is 2.36. The molecule has 0 fully saturated rings. The smallest absolute Gasteiger partial charge is 0.240 e. The van der Waals surface area contributed by atoms with Crippen LogP contribution >= 0.6 is 0 Å². The molecule has 0 radical (unpaired) electrons. The molecule has 1 aliphatic heterocycles. The molecule has 0 N–H and O–H groups in total. The molecule has 0 saturated carbocycles. The van der Waals surface area contributed by atoms with Gasteiger partial charge in [-0.25, -0.2) is 4.48 Å². The van der Waals surface area contributed by atoms with Gasteiger partial charge in [-0.1, -0.05) is 37.8 Å². The van der Waals surface area contributed by atoms with Gasteiger partial charge in [0.05, 0.1) is 14.1 Å². The fraction of sp³-hybridized carbons (Fsp3) is 0.316. The van der Waals surface area contributed by atoms with E-state index < -0.39 is 8.07 Å². The molecular formula is C19H24N2Si+2. The highest BCUT2D eigenvalue weighted by Gasteiger charge is 2.39. The summed E-state index contributed by atoms with van der Waals surface area (Å²) in [5, 5.41) is 5.71. The van der Waals surface area contributed by atoms with Crippen LogP contribution in [0.15, 0.2) is 42.5 Å². The number of benzene rings is 2. The fourth-order valence-electron chi connectivity index (χ4n) is 3.90. The molecular weight excluding hydrogens is 284 g/mol. The summed E-state index contributed by atoms with van der Waals surface area (Å²) < 4.78 is 3.52. The molecule has 0 saturated heterocycles. The van der Waals surface area contributed by atoms with E-state index in [2.05, 4.69) is 80.8 Å². The van der Waals surface area contributed by atoms with Crippen molar-refractivity contribution in [2.75, 3.05) is 14.1 Å². The molecule has 0 atom stereocenters. The molecule has 1 aromatic heterocycles. The van der Waals surface area contributed by atoms with Gasteiger partial charge in [0.25, 0.3) is 6.67 Å². The van der Waals surface area contributed by atoms with Crippen LogP contribution in [-0.2, 0) is 6.67 Å². The van der Waals surface area contributed by atoms with Gasteiger partial charge in [-0.2, -0.15) is 4.57 Å². The highest BCUT2D eigenvalue weighted by molar-refractivity contribution is 6.87. The van der Waals surface area contributed by atoms with E-state index in [0.29, 0.717) is 0 Å². The number of pyridine rings is 1. The van der Waals surface area contributed by atoms with Crippen molar-refractivity contribution in [3.8, 4) is 0 Å². The lowest BCUT2D eigenvalue weighted by molar-refractivity contribution is -0.672. The number of hydrogen-bond acceptors (Lipinski definition) is 0. The lowest BCUT2D eigenvalue weighted by Crippen LogP contribution is -2.68. The van der Waals surface area contributed by atoms with E-state index in [-0.39, 0.29) is 0 Å². The third kappa shape index (κ3) is 1.79. The second-order valence-corrected chi connectivity index (χ2v) is 13.1. The maximum atomic E-state index is 2.61. The zero-order chi connectivity index (χ0) is 15.7. The summed E-state index contributed by atoms with van der Waals surface area (Å²) in [6.45, 7) is 8.35. The molecule has 112 valence electrons. The minimum Gasteiger partial charge on any atom is -0.240 e. The van der Waals surface area contributed by atoms with Gasteiger partial charge in [-0.05, 0) is 23.6 Å². The fourth-order valence-corrected chi connectivity index (χ4v) is 5.47. The van der Waals surface area contributed by atoms with Crippen molar-refractivity contribution in [3.05, 3.63) is 42.5 Å². The quantitative estimate of drug-likeness (QED) is 0.281. The molecule has 3 aromatic rings. The van der Waals surface area contributed by atoms with Crippen LogP contribution in [0.5, 0.6) is 0 Å². The van der Waals surface area contributed by atoms with Crippen LogP contribution in [0.1, 0.15) is 0 Å². The number of hydrogen-bond donors (Lipinski definition) is 0. The number of rotatable bonds is 1. The van der Waals surface area contributed by atoms with Crippen LogP contribution in [0.2, 0.25) is 19.6 Å². The summed E-state index contributed by atoms with van der Waals surface area (Å²) in [7, 11) is 3.26. The van der Waals surface area contributed by atoms with E-state index in [0.717, 1.165) is 11.2 Å². The van der Waals surface area contributed by atoms with Crippen LogP contribution < -0.4 is 14.4 Å². The summed E-state index contributed by atoms with van der Waals surface area (Å²) in [6, 6.07) is 16.0. The maximum absolute atomic E-state index is 2.61. The first-order valence-corrected chi connectivity index (χ1v) is 11.5. The largest absolute Gasteiger partial charge is 0.280 e. The Kier molecular flexibility index (Phi) is 2.64. The van der Waals surface area contributed by atoms with E-state index >= 15 is 0 Å². The minimum absolute atomic E-state index is 0.912. The molecule has 22 heavy (non-hydrogen) atoms. The monoisotopic (exact) mass is 308 g/mol. The third-order valence-corrected chi connectivity index (χ3v) is 6.90. The van der Waals surface area contributed by atoms with Gasteiger partial charge in [0.15, 0.2) is 19.1 Å². The summed E-state index contributed by atoms with van der Waals surface area (Å²) in [6.07, 6.45) is 0. The summed E-state index contributed by atoms with van der Waals surface area (Å²) in [5.41, 5.74) is 2.88. The second-order valence-electron chi connectivity index (χ2n) is 8.10. The van der Waals surface area contributed by atoms with Crippen molar-refractivity contribution < 1.29 is 4.57 Å². The van der Waals surface area contributed by atoms with Crippen molar-refractivity contribution in [1.82, 2.24) is 4.48 Å². The molecule has 2 aromatic carbocycles. The first-order valence-electron chi connectivity index (χ1n) is 8.01. The first-order chi connectivity index (χ1) is 10.3. The molecule has 0 spiro atoms. The van der Waals surface area contributed by atoms with Crippen LogP contribution in [-0.4, -0.2) is 22.2 Å². The number of aromatic nitrogens is 1. The Morgan fingerprint density at radius 2 is 1.59 bits per heavy atom. The lowest BCUT2D eigenvalue weighted by Gasteiger charge is -2.32. The molecule has 3 heteroatoms. The van der Waals surface area contributed by atoms with Crippen molar-refractivity contribution in [3.63, 3.8) is 0 Å². The average Bonchev–Trinajstić information content (AvgIpc) is 2.44. The Morgan fingerprint density at radius 3 is 2.32 bits per heavy atom. The van der Waals surface area contributed by atoms with Crippen LogP contribution in [0.3, 0.4) is 0 Å². The maximum Gasteiger partial charge on any atom is 0.280 e. The van der Waals surface area contributed by atoms with Gasteiger partial charge < -0.3 is 0 Å². The Morgan fingerprint density at radius 1 is 0.909 bits per heavy atom. The normalized spacial score (nSPS) is 16.6. The van der Waals surface area contributed by atoms with E-state index in [1.165, 1.54) is 27.4 Å². The topological polar surface area (TPSA) is 3.88 Å². The van der Waals surface area contributed by atoms with Gasteiger partial charge in [-0.15, -0.1) is 0 Å². The van der Waals surface area contributed by atoms with Crippen LogP contribution in [0, 0.1) is 0 Å². The lowest BCUT2D eigenvalue weighted by atomic mass is 10.0. The van der Waals surface area contributed by atoms with Crippen molar-refractivity contribution in [2.24, 2.45) is 0 Å². The molecule has 0 unspecified atom stereocenters. The van der Waals surface area contributed by atoms with E-state index in [1.54, 1.807) is 5.32 Å². The predicted molar refractivity (Wildman–Crippen MR) is 98.3 cm³/mol. The Balaban J connectivity index is 2.28. The van der Waals surface area contributed by atoms with Crippen molar-refractivity contribution in [2.45, 2.75) is 26.3 Å². The second kappa shape index (κ2) is 4.18. The predicted octanol–water partition coefficient (Wildman–Crippen LogP) is 3.36. The molecule has 1 aliphatic rings. The zero-order valence-corrected chi connectivity index (χ0v) is 15.1. The number of nitrogens with zero attached hydrogens (tertiary/aromatic N) is 2. The average molecular weight is 309 g/mol. The summed E-state index contributed by atoms with van der Waals surface area (Å²) in [5.74, 6) is 0. The van der Waals surface area contributed by atoms with Gasteiger partial charge in [0.2, 0.25) is 5.52 Å². The van der Waals surface area contributed by atoms with E-state index in [4.69, 9.17) is 0 Å². The van der Waals surface area contributed by atoms with Gasteiger partial charge in [0.1, 0.15) is 5.39 Å². The first kappa shape index (κ1) is 13.9. The minimum atomic E-state index is -1.38. The number of quaternary nitrogens is 1. The Labute approximate surface area is 133 Å². The van der Waals surface area contributed by atoms with E-state index in [1.807, 2.05) is 0 Å². The summed E-state index contributed by atoms with van der Waals surface area (Å²) in [4.78, 5) is 0. The molecule has 4 rings (SSSR count). The van der Waals surface area contributed by atoms with Crippen molar-refractivity contribution in [1.29, 1.82) is 0 Å². The Bertz CT molecular complexity index is 920. The molecule has 0 bridgehead atoms. The van der Waals surface area contributed by atoms with Gasteiger partial charge >= 0.3 is 0 Å². The molecule has 2 nitrogen and oxygen atoms in total. The Hall–Kier alpha value is -1.71. The van der Waals surface area contributed by atoms with Crippen LogP contribution in [0.25, 0.3) is 21.7 Å². The van der Waals surface area contributed by atoms with Crippen molar-refractivity contribution >= 4 is 40.8 Å².